The molecule has 0 radical (unpaired) electrons. The number of aliphatic hydroxyl groups is 1. The first kappa shape index (κ1) is 15.7. The van der Waals surface area contributed by atoms with Crippen LogP contribution in [0.3, 0.4) is 0 Å². The van der Waals surface area contributed by atoms with Gasteiger partial charge in [-0.1, -0.05) is 25.0 Å². The van der Waals surface area contributed by atoms with Gasteiger partial charge >= 0.3 is 0 Å². The van der Waals surface area contributed by atoms with Crippen molar-refractivity contribution in [1.29, 1.82) is 0 Å². The molecule has 0 amide bonds. The van der Waals surface area contributed by atoms with Crippen LogP contribution in [0.15, 0.2) is 52.7 Å². The highest BCUT2D eigenvalue weighted by Gasteiger charge is 2.58. The van der Waals surface area contributed by atoms with Crippen molar-refractivity contribution in [2.24, 2.45) is 5.92 Å². The fourth-order valence-corrected chi connectivity index (χ4v) is 5.26. The maximum absolute atomic E-state index is 13.2. The molecule has 3 aliphatic rings. The van der Waals surface area contributed by atoms with Gasteiger partial charge in [-0.15, -0.1) is 0 Å². The number of carbonyl (C=O) groups is 1. The minimum absolute atomic E-state index is 0.00240. The number of hydrogen-bond donors (Lipinski definition) is 1. The Morgan fingerprint density at radius 3 is 2.81 bits per heavy atom. The Hall–Kier alpha value is -2.49. The van der Waals surface area contributed by atoms with Gasteiger partial charge in [-0.2, -0.15) is 0 Å². The zero-order valence-corrected chi connectivity index (χ0v) is 14.6. The number of hydrogen-bond acceptors (Lipinski definition) is 4. The van der Waals surface area contributed by atoms with Crippen molar-refractivity contribution in [2.45, 2.75) is 50.0 Å². The summed E-state index contributed by atoms with van der Waals surface area (Å²) in [6, 6.07) is 11.3. The van der Waals surface area contributed by atoms with Crippen molar-refractivity contribution in [3.05, 3.63) is 59.6 Å². The number of carbonyl (C=O) groups excluding carboxylic acids is 1. The molecule has 1 aromatic carbocycles. The fourth-order valence-electron chi connectivity index (χ4n) is 5.26. The first-order chi connectivity index (χ1) is 12.7. The molecule has 0 saturated heterocycles. The van der Waals surface area contributed by atoms with E-state index in [4.69, 9.17) is 9.15 Å². The maximum Gasteiger partial charge on any atom is 0.167 e. The lowest BCUT2D eigenvalue weighted by molar-refractivity contribution is -0.123. The molecule has 2 saturated carbocycles. The van der Waals surface area contributed by atoms with E-state index in [9.17, 15) is 9.90 Å². The van der Waals surface area contributed by atoms with Crippen molar-refractivity contribution < 1.29 is 19.1 Å². The number of ketones is 1. The van der Waals surface area contributed by atoms with E-state index >= 15 is 0 Å². The van der Waals surface area contributed by atoms with Crippen LogP contribution in [-0.4, -0.2) is 16.5 Å². The summed E-state index contributed by atoms with van der Waals surface area (Å²) < 4.78 is 12.3. The molecule has 1 aromatic heterocycles. The van der Waals surface area contributed by atoms with E-state index in [-0.39, 0.29) is 23.4 Å². The average molecular weight is 350 g/mol. The number of rotatable bonds is 1. The summed E-state index contributed by atoms with van der Waals surface area (Å²) in [5, 5.41) is 11.0. The van der Waals surface area contributed by atoms with Crippen molar-refractivity contribution in [3.8, 4) is 5.75 Å². The van der Waals surface area contributed by atoms with E-state index in [2.05, 4.69) is 0 Å². The lowest BCUT2D eigenvalue weighted by Gasteiger charge is -2.49. The molecule has 2 aromatic rings. The van der Waals surface area contributed by atoms with Crippen LogP contribution in [0.25, 0.3) is 5.76 Å². The molecule has 0 unspecified atom stereocenters. The quantitative estimate of drug-likeness (QED) is 0.785. The van der Waals surface area contributed by atoms with E-state index in [1.54, 1.807) is 6.26 Å². The third-order valence-electron chi connectivity index (χ3n) is 6.33. The van der Waals surface area contributed by atoms with Crippen molar-refractivity contribution in [2.75, 3.05) is 0 Å². The van der Waals surface area contributed by atoms with Gasteiger partial charge < -0.3 is 14.3 Å². The van der Waals surface area contributed by atoms with E-state index < -0.39 is 5.60 Å². The van der Waals surface area contributed by atoms with Crippen LogP contribution in [0.4, 0.5) is 0 Å². The largest absolute Gasteiger partial charge is 0.507 e. The molecule has 2 fully saturated rings. The van der Waals surface area contributed by atoms with Crippen LogP contribution in [0.5, 0.6) is 5.75 Å². The molecule has 0 bridgehead atoms. The first-order valence-electron chi connectivity index (χ1n) is 9.49. The Morgan fingerprint density at radius 2 is 1.96 bits per heavy atom. The van der Waals surface area contributed by atoms with Crippen LogP contribution in [-0.2, 0) is 4.79 Å². The third kappa shape index (κ3) is 2.11. The molecule has 3 atom stereocenters. The predicted octanol–water partition coefficient (Wildman–Crippen LogP) is 5.02. The van der Waals surface area contributed by atoms with Gasteiger partial charge in [-0.25, -0.2) is 0 Å². The van der Waals surface area contributed by atoms with E-state index in [0.29, 0.717) is 23.3 Å². The number of benzene rings is 1. The van der Waals surface area contributed by atoms with Crippen molar-refractivity contribution in [1.82, 2.24) is 0 Å². The number of aliphatic hydroxyl groups excluding tert-OH is 1. The normalized spacial score (nSPS) is 30.7. The Kier molecular flexibility index (Phi) is 3.49. The highest BCUT2D eigenvalue weighted by atomic mass is 16.5. The summed E-state index contributed by atoms with van der Waals surface area (Å²) in [6.07, 6.45) is 6.99. The molecule has 134 valence electrons. The SMILES string of the molecule is O=C1C[C@@H](c2ccco2)[C@@H]2CCCCC[C@@]23Oc2ccccc2C(O)=C13. The zero-order valence-electron chi connectivity index (χ0n) is 14.6. The fraction of sp³-hybridized carbons (Fsp3) is 0.409. The second-order valence-electron chi connectivity index (χ2n) is 7.67. The molecule has 4 heteroatoms. The van der Waals surface area contributed by atoms with E-state index in [0.717, 1.165) is 37.9 Å². The maximum atomic E-state index is 13.2. The Labute approximate surface area is 152 Å². The average Bonchev–Trinajstić information content (AvgIpc) is 3.09. The predicted molar refractivity (Wildman–Crippen MR) is 97.0 cm³/mol. The number of ether oxygens (including phenoxy) is 1. The summed E-state index contributed by atoms with van der Waals surface area (Å²) in [4.78, 5) is 13.2. The van der Waals surface area contributed by atoms with Crippen LogP contribution in [0, 0.1) is 5.92 Å². The molecule has 5 rings (SSSR count). The lowest BCUT2D eigenvalue weighted by Crippen LogP contribution is -2.55. The monoisotopic (exact) mass is 350 g/mol. The van der Waals surface area contributed by atoms with Gasteiger partial charge in [0, 0.05) is 18.3 Å². The second-order valence-corrected chi connectivity index (χ2v) is 7.67. The molecule has 2 heterocycles. The van der Waals surface area contributed by atoms with Gasteiger partial charge in [0.1, 0.15) is 22.9 Å². The van der Waals surface area contributed by atoms with E-state index in [1.165, 1.54) is 0 Å². The summed E-state index contributed by atoms with van der Waals surface area (Å²) in [7, 11) is 0. The standard InChI is InChI=1S/C22H22O4/c23-17-13-15(18-10-6-12-25-18)16-8-2-1-5-11-22(16)20(17)21(24)14-7-3-4-9-19(14)26-22/h3-4,6-7,9-10,12,15-16,24H,1-2,5,8,11,13H2/t15-,16+,22-/m1/s1. The number of fused-ring (bicyclic) bond motifs is 1. The summed E-state index contributed by atoms with van der Waals surface area (Å²) in [5.74, 6) is 1.74. The van der Waals surface area contributed by atoms with Crippen molar-refractivity contribution >= 4 is 11.5 Å². The van der Waals surface area contributed by atoms with Gasteiger partial charge in [-0.05, 0) is 43.5 Å². The van der Waals surface area contributed by atoms with Gasteiger partial charge in [-0.3, -0.25) is 4.79 Å². The number of furan rings is 1. The summed E-state index contributed by atoms with van der Waals surface area (Å²) in [6.45, 7) is 0. The zero-order chi connectivity index (χ0) is 17.7. The molecule has 4 nitrogen and oxygen atoms in total. The van der Waals surface area contributed by atoms with Gasteiger partial charge in [0.15, 0.2) is 5.78 Å². The second kappa shape index (κ2) is 5.76. The molecule has 1 aliphatic heterocycles. The third-order valence-corrected chi connectivity index (χ3v) is 6.33. The summed E-state index contributed by atoms with van der Waals surface area (Å²) >= 11 is 0. The van der Waals surface area contributed by atoms with Crippen LogP contribution in [0.1, 0.15) is 55.8 Å². The number of para-hydroxylation sites is 1. The molecular weight excluding hydrogens is 328 g/mol. The van der Waals surface area contributed by atoms with Gasteiger partial charge in [0.2, 0.25) is 0 Å². The molecule has 1 N–H and O–H groups in total. The highest BCUT2D eigenvalue weighted by Crippen LogP contribution is 2.56. The lowest BCUT2D eigenvalue weighted by atomic mass is 9.61. The molecule has 26 heavy (non-hydrogen) atoms. The Balaban J connectivity index is 1.72. The first-order valence-corrected chi connectivity index (χ1v) is 9.49. The Morgan fingerprint density at radius 1 is 1.08 bits per heavy atom. The molecule has 1 spiro atoms. The molecule has 2 aliphatic carbocycles. The van der Waals surface area contributed by atoms with Gasteiger partial charge in [0.05, 0.1) is 17.4 Å². The summed E-state index contributed by atoms with van der Waals surface area (Å²) in [5.41, 5.74) is 0.369. The molecular formula is C22H22O4. The van der Waals surface area contributed by atoms with Crippen LogP contribution < -0.4 is 4.74 Å². The van der Waals surface area contributed by atoms with Gasteiger partial charge in [0.25, 0.3) is 0 Å². The van der Waals surface area contributed by atoms with Crippen LogP contribution in [0.2, 0.25) is 0 Å². The Bertz CT molecular complexity index is 879. The number of Topliss-reactive ketones (excluding diaryl/α,β-unsaturated/α-hetero) is 1. The topological polar surface area (TPSA) is 59.7 Å². The van der Waals surface area contributed by atoms with Crippen LogP contribution >= 0.6 is 0 Å². The van der Waals surface area contributed by atoms with Crippen molar-refractivity contribution in [3.63, 3.8) is 0 Å². The highest BCUT2D eigenvalue weighted by molar-refractivity contribution is 6.05. The smallest absolute Gasteiger partial charge is 0.167 e. The minimum atomic E-state index is -0.748. The van der Waals surface area contributed by atoms with E-state index in [1.807, 2.05) is 36.4 Å². The minimum Gasteiger partial charge on any atom is -0.507 e.